The lowest BCUT2D eigenvalue weighted by Crippen LogP contribution is -1.84. The average Bonchev–Trinajstić information content (AvgIpc) is 3.06. The molecule has 3 heteroatoms. The monoisotopic (exact) mass is 273 g/mol. The number of para-hydroxylation sites is 2. The molecular weight excluding hydrogens is 262 g/mol. The molecule has 0 fully saturated rings. The summed E-state index contributed by atoms with van der Waals surface area (Å²) in [5.74, 6) is 0. The first-order chi connectivity index (χ1) is 10.3. The number of anilines is 1. The molecule has 0 aliphatic rings. The molecule has 0 bridgehead atoms. The second kappa shape index (κ2) is 3.58. The molecule has 3 aromatic carbocycles. The Morgan fingerprint density at radius 1 is 0.667 bits per heavy atom. The highest BCUT2D eigenvalue weighted by molar-refractivity contribution is 6.24. The fourth-order valence-electron chi connectivity index (χ4n) is 3.09. The summed E-state index contributed by atoms with van der Waals surface area (Å²) in [4.78, 5) is 0. The van der Waals surface area contributed by atoms with Gasteiger partial charge in [0.15, 0.2) is 5.58 Å². The van der Waals surface area contributed by atoms with Gasteiger partial charge in [0.1, 0.15) is 16.7 Å². The summed E-state index contributed by atoms with van der Waals surface area (Å²) in [5, 5.41) is 4.09. The van der Waals surface area contributed by atoms with E-state index >= 15 is 0 Å². The first-order valence-corrected chi connectivity index (χ1v) is 6.84. The second-order valence-electron chi connectivity index (χ2n) is 5.24. The van der Waals surface area contributed by atoms with E-state index < -0.39 is 0 Å². The molecule has 0 unspecified atom stereocenters. The van der Waals surface area contributed by atoms with E-state index in [0.29, 0.717) is 11.3 Å². The van der Waals surface area contributed by atoms with Gasteiger partial charge in [-0.3, -0.25) is 0 Å². The number of rotatable bonds is 0. The van der Waals surface area contributed by atoms with Gasteiger partial charge in [0.05, 0.1) is 11.1 Å². The Labute approximate surface area is 119 Å². The van der Waals surface area contributed by atoms with Crippen molar-refractivity contribution in [2.75, 3.05) is 5.73 Å². The van der Waals surface area contributed by atoms with E-state index in [4.69, 9.17) is 14.6 Å². The lowest BCUT2D eigenvalue weighted by molar-refractivity contribution is 0.664. The van der Waals surface area contributed by atoms with E-state index in [1.54, 1.807) is 0 Å². The Bertz CT molecular complexity index is 1150. The molecule has 2 N–H and O–H groups in total. The maximum Gasteiger partial charge on any atom is 0.162 e. The number of hydrogen-bond acceptors (Lipinski definition) is 3. The van der Waals surface area contributed by atoms with Crippen molar-refractivity contribution in [1.82, 2.24) is 0 Å². The van der Waals surface area contributed by atoms with Gasteiger partial charge >= 0.3 is 0 Å². The number of hydrogen-bond donors (Lipinski definition) is 1. The molecule has 0 saturated heterocycles. The van der Waals surface area contributed by atoms with Crippen LogP contribution in [0, 0.1) is 0 Å². The summed E-state index contributed by atoms with van der Waals surface area (Å²) < 4.78 is 12.0. The highest BCUT2D eigenvalue weighted by Crippen LogP contribution is 2.41. The van der Waals surface area contributed by atoms with E-state index in [0.717, 1.165) is 38.3 Å². The van der Waals surface area contributed by atoms with E-state index in [1.807, 2.05) is 48.5 Å². The van der Waals surface area contributed by atoms with E-state index in [1.165, 1.54) is 0 Å². The van der Waals surface area contributed by atoms with Gasteiger partial charge in [-0.15, -0.1) is 0 Å². The SMILES string of the molecule is Nc1cc2c3ccccc3oc2c2c1oc1ccccc12. The standard InChI is InChI=1S/C18H11NO2/c19-13-9-12-10-5-1-3-7-14(10)20-17(12)16-11-6-2-4-8-15(11)21-18(13)16/h1-9H,19H2. The fraction of sp³-hybridized carbons (Fsp3) is 0. The van der Waals surface area contributed by atoms with Crippen molar-refractivity contribution >= 4 is 49.6 Å². The molecule has 0 amide bonds. The molecule has 3 nitrogen and oxygen atoms in total. The minimum Gasteiger partial charge on any atom is -0.455 e. The predicted octanol–water partition coefficient (Wildman–Crippen LogP) is 5.07. The third-order valence-electron chi connectivity index (χ3n) is 4.02. The summed E-state index contributed by atoms with van der Waals surface area (Å²) in [7, 11) is 0. The highest BCUT2D eigenvalue weighted by Gasteiger charge is 2.17. The maximum atomic E-state index is 6.20. The summed E-state index contributed by atoms with van der Waals surface area (Å²) in [6.45, 7) is 0. The van der Waals surface area contributed by atoms with Crippen molar-refractivity contribution in [2.45, 2.75) is 0 Å². The quantitative estimate of drug-likeness (QED) is 0.401. The topological polar surface area (TPSA) is 52.3 Å². The van der Waals surface area contributed by atoms with Crippen molar-refractivity contribution < 1.29 is 8.83 Å². The molecule has 2 heterocycles. The number of furan rings is 2. The Hall–Kier alpha value is -2.94. The molecule has 0 saturated carbocycles. The van der Waals surface area contributed by atoms with Crippen molar-refractivity contribution in [3.8, 4) is 0 Å². The van der Waals surface area contributed by atoms with Crippen LogP contribution in [0.5, 0.6) is 0 Å². The fourth-order valence-corrected chi connectivity index (χ4v) is 3.09. The van der Waals surface area contributed by atoms with Crippen LogP contribution in [0.15, 0.2) is 63.4 Å². The van der Waals surface area contributed by atoms with Crippen LogP contribution < -0.4 is 5.73 Å². The van der Waals surface area contributed by atoms with Crippen LogP contribution in [0.1, 0.15) is 0 Å². The predicted molar refractivity (Wildman–Crippen MR) is 85.4 cm³/mol. The smallest absolute Gasteiger partial charge is 0.162 e. The molecule has 2 aromatic heterocycles. The summed E-state index contributed by atoms with van der Waals surface area (Å²) in [6, 6.07) is 17.9. The number of nitrogens with two attached hydrogens (primary N) is 1. The Kier molecular flexibility index (Phi) is 1.84. The van der Waals surface area contributed by atoms with Gasteiger partial charge in [-0.2, -0.15) is 0 Å². The molecule has 0 radical (unpaired) electrons. The lowest BCUT2D eigenvalue weighted by Gasteiger charge is -1.96. The molecule has 21 heavy (non-hydrogen) atoms. The van der Waals surface area contributed by atoms with Crippen molar-refractivity contribution in [3.63, 3.8) is 0 Å². The molecule has 0 atom stereocenters. The van der Waals surface area contributed by atoms with Crippen LogP contribution in [0.25, 0.3) is 43.9 Å². The number of benzene rings is 3. The summed E-state index contributed by atoms with van der Waals surface area (Å²) in [5.41, 5.74) is 10.1. The van der Waals surface area contributed by atoms with Crippen LogP contribution in [-0.2, 0) is 0 Å². The lowest BCUT2D eigenvalue weighted by atomic mass is 10.1. The Balaban J connectivity index is 2.17. The first kappa shape index (κ1) is 10.8. The highest BCUT2D eigenvalue weighted by atomic mass is 16.3. The largest absolute Gasteiger partial charge is 0.455 e. The van der Waals surface area contributed by atoms with Gasteiger partial charge in [-0.25, -0.2) is 0 Å². The van der Waals surface area contributed by atoms with Crippen molar-refractivity contribution in [1.29, 1.82) is 0 Å². The van der Waals surface area contributed by atoms with Crippen LogP contribution in [0.2, 0.25) is 0 Å². The number of fused-ring (bicyclic) bond motifs is 7. The van der Waals surface area contributed by atoms with Crippen molar-refractivity contribution in [2.24, 2.45) is 0 Å². The maximum absolute atomic E-state index is 6.20. The number of nitrogen functional groups attached to an aromatic ring is 1. The first-order valence-electron chi connectivity index (χ1n) is 6.84. The average molecular weight is 273 g/mol. The van der Waals surface area contributed by atoms with Crippen LogP contribution in [0.4, 0.5) is 5.69 Å². The minimum absolute atomic E-state index is 0.639. The molecule has 0 aliphatic carbocycles. The van der Waals surface area contributed by atoms with Crippen LogP contribution >= 0.6 is 0 Å². The normalized spacial score (nSPS) is 12.0. The zero-order valence-electron chi connectivity index (χ0n) is 11.1. The van der Waals surface area contributed by atoms with E-state index in [9.17, 15) is 0 Å². The third-order valence-corrected chi connectivity index (χ3v) is 4.02. The molecule has 5 aromatic rings. The van der Waals surface area contributed by atoms with E-state index in [2.05, 4.69) is 6.07 Å². The molecule has 0 spiro atoms. The van der Waals surface area contributed by atoms with E-state index in [-0.39, 0.29) is 0 Å². The zero-order chi connectivity index (χ0) is 14.0. The van der Waals surface area contributed by atoms with Gasteiger partial charge in [-0.05, 0) is 18.2 Å². The Morgan fingerprint density at radius 2 is 1.29 bits per heavy atom. The minimum atomic E-state index is 0.639. The van der Waals surface area contributed by atoms with Gasteiger partial charge in [-0.1, -0.05) is 36.4 Å². The molecule has 100 valence electrons. The van der Waals surface area contributed by atoms with Gasteiger partial charge in [0.2, 0.25) is 0 Å². The molecular formula is C18H11NO2. The molecule has 0 aliphatic heterocycles. The van der Waals surface area contributed by atoms with Gasteiger partial charge in [0, 0.05) is 16.2 Å². The van der Waals surface area contributed by atoms with Crippen LogP contribution in [-0.4, -0.2) is 0 Å². The molecule has 5 rings (SSSR count). The van der Waals surface area contributed by atoms with Gasteiger partial charge < -0.3 is 14.6 Å². The zero-order valence-corrected chi connectivity index (χ0v) is 11.1. The van der Waals surface area contributed by atoms with Crippen molar-refractivity contribution in [3.05, 3.63) is 54.6 Å². The third kappa shape index (κ3) is 1.28. The summed E-state index contributed by atoms with van der Waals surface area (Å²) in [6.07, 6.45) is 0. The Morgan fingerprint density at radius 3 is 2.10 bits per heavy atom. The summed E-state index contributed by atoms with van der Waals surface area (Å²) >= 11 is 0. The van der Waals surface area contributed by atoms with Gasteiger partial charge in [0.25, 0.3) is 0 Å². The second-order valence-corrected chi connectivity index (χ2v) is 5.24. The van der Waals surface area contributed by atoms with Crippen LogP contribution in [0.3, 0.4) is 0 Å².